The highest BCUT2D eigenvalue weighted by molar-refractivity contribution is 7.86. The van der Waals surface area contributed by atoms with Crippen molar-refractivity contribution in [2.45, 2.75) is 38.1 Å². The van der Waals surface area contributed by atoms with Gasteiger partial charge in [-0.15, -0.1) is 0 Å². The Hall–Kier alpha value is -2.30. The molecule has 1 aliphatic carbocycles. The van der Waals surface area contributed by atoms with Crippen LogP contribution in [-0.4, -0.2) is 66.2 Å². The summed E-state index contributed by atoms with van der Waals surface area (Å²) in [4.78, 5) is 17.4. The van der Waals surface area contributed by atoms with E-state index in [1.165, 1.54) is 12.5 Å². The molecule has 0 spiro atoms. The summed E-state index contributed by atoms with van der Waals surface area (Å²) in [6.45, 7) is 1.79. The average Bonchev–Trinajstić information content (AvgIpc) is 2.78. The maximum Gasteiger partial charge on any atom is 0.282 e. The number of non-ortho nitro benzene ring substituents is 1. The van der Waals surface area contributed by atoms with Gasteiger partial charge >= 0.3 is 0 Å². The summed E-state index contributed by atoms with van der Waals surface area (Å²) >= 11 is 0. The molecular formula is C20H27N5O4S. The molecule has 2 heterocycles. The van der Waals surface area contributed by atoms with Gasteiger partial charge in [-0.2, -0.15) is 17.0 Å². The van der Waals surface area contributed by atoms with Crippen LogP contribution >= 0.6 is 0 Å². The number of hydrogen-bond donors (Lipinski definition) is 0. The first-order chi connectivity index (χ1) is 14.4. The van der Waals surface area contributed by atoms with E-state index in [9.17, 15) is 18.5 Å². The van der Waals surface area contributed by atoms with Crippen molar-refractivity contribution in [2.24, 2.45) is 0 Å². The van der Waals surface area contributed by atoms with Gasteiger partial charge < -0.3 is 4.90 Å². The summed E-state index contributed by atoms with van der Waals surface area (Å²) in [6, 6.07) is 6.68. The summed E-state index contributed by atoms with van der Waals surface area (Å²) in [5.74, 6) is 0. The Morgan fingerprint density at radius 1 is 1.10 bits per heavy atom. The van der Waals surface area contributed by atoms with Gasteiger partial charge in [0, 0.05) is 51.5 Å². The second kappa shape index (κ2) is 8.44. The Kier molecular flexibility index (Phi) is 5.90. The monoisotopic (exact) mass is 433 g/mol. The van der Waals surface area contributed by atoms with E-state index in [1.807, 2.05) is 0 Å². The molecule has 4 rings (SSSR count). The Balaban J connectivity index is 1.51. The number of rotatable bonds is 5. The fourth-order valence-corrected chi connectivity index (χ4v) is 6.11. The summed E-state index contributed by atoms with van der Waals surface area (Å²) in [5, 5.41) is 11.8. The SMILES string of the molecule is CN(C1CCCCC1)S(=O)(=O)N1CCN(c2ccc([N+](=O)[O-])c3cccnc23)CC1. The van der Waals surface area contributed by atoms with Crippen LogP contribution in [0.4, 0.5) is 11.4 Å². The minimum atomic E-state index is -3.49. The van der Waals surface area contributed by atoms with Gasteiger partial charge in [0.1, 0.15) is 5.52 Å². The highest BCUT2D eigenvalue weighted by atomic mass is 32.2. The van der Waals surface area contributed by atoms with Gasteiger partial charge in [-0.25, -0.2) is 0 Å². The summed E-state index contributed by atoms with van der Waals surface area (Å²) < 4.78 is 29.3. The lowest BCUT2D eigenvalue weighted by molar-refractivity contribution is -0.383. The molecule has 0 amide bonds. The average molecular weight is 434 g/mol. The Morgan fingerprint density at radius 3 is 2.47 bits per heavy atom. The van der Waals surface area contributed by atoms with Gasteiger partial charge in [0.25, 0.3) is 15.9 Å². The molecule has 1 saturated carbocycles. The first kappa shape index (κ1) is 21.0. The topological polar surface area (TPSA) is 99.9 Å². The van der Waals surface area contributed by atoms with Crippen LogP contribution in [0.2, 0.25) is 0 Å². The Morgan fingerprint density at radius 2 is 1.80 bits per heavy atom. The molecule has 2 fully saturated rings. The standard InChI is InChI=1S/C20H27N5O4S/c1-22(16-6-3-2-4-7-16)30(28,29)24-14-12-23(13-15-24)19-10-9-18(25(26)27)17-8-5-11-21-20(17)19/h5,8-11,16H,2-4,6-7,12-15H2,1H3. The summed E-state index contributed by atoms with van der Waals surface area (Å²) in [6.07, 6.45) is 6.82. The smallest absolute Gasteiger partial charge is 0.282 e. The maximum atomic E-state index is 13.1. The van der Waals surface area contributed by atoms with Crippen molar-refractivity contribution in [1.29, 1.82) is 0 Å². The van der Waals surface area contributed by atoms with Crippen LogP contribution in [-0.2, 0) is 10.2 Å². The fraction of sp³-hybridized carbons (Fsp3) is 0.550. The van der Waals surface area contributed by atoms with E-state index in [4.69, 9.17) is 0 Å². The van der Waals surface area contributed by atoms with Gasteiger partial charge in [-0.05, 0) is 31.0 Å². The molecule has 1 aromatic carbocycles. The largest absolute Gasteiger partial charge is 0.367 e. The number of nitrogens with zero attached hydrogens (tertiary/aromatic N) is 5. The van der Waals surface area contributed by atoms with Crippen LogP contribution in [0, 0.1) is 10.1 Å². The lowest BCUT2D eigenvalue weighted by Gasteiger charge is -2.39. The number of nitro benzene ring substituents is 1. The van der Waals surface area contributed by atoms with Crippen LogP contribution in [0.1, 0.15) is 32.1 Å². The van der Waals surface area contributed by atoms with Crippen molar-refractivity contribution < 1.29 is 13.3 Å². The minimum absolute atomic E-state index is 0.0252. The van der Waals surface area contributed by atoms with E-state index >= 15 is 0 Å². The third-order valence-electron chi connectivity index (χ3n) is 6.28. The zero-order valence-corrected chi connectivity index (χ0v) is 17.9. The number of benzene rings is 1. The number of aromatic nitrogens is 1. The van der Waals surface area contributed by atoms with Crippen LogP contribution in [0.25, 0.3) is 10.9 Å². The molecule has 0 unspecified atom stereocenters. The van der Waals surface area contributed by atoms with Crippen molar-refractivity contribution >= 4 is 32.5 Å². The number of pyridine rings is 1. The van der Waals surface area contributed by atoms with E-state index in [1.54, 1.807) is 40.1 Å². The second-order valence-corrected chi connectivity index (χ2v) is 9.95. The van der Waals surface area contributed by atoms with Crippen molar-refractivity contribution in [2.75, 3.05) is 38.1 Å². The van der Waals surface area contributed by atoms with Crippen LogP contribution in [0.3, 0.4) is 0 Å². The van der Waals surface area contributed by atoms with Crippen molar-refractivity contribution in [1.82, 2.24) is 13.6 Å². The zero-order valence-electron chi connectivity index (χ0n) is 17.1. The van der Waals surface area contributed by atoms with Crippen molar-refractivity contribution in [3.8, 4) is 0 Å². The van der Waals surface area contributed by atoms with Crippen LogP contribution < -0.4 is 4.90 Å². The molecule has 1 aromatic heterocycles. The molecule has 162 valence electrons. The Bertz CT molecular complexity index is 1030. The van der Waals surface area contributed by atoms with Gasteiger partial charge in [0.15, 0.2) is 0 Å². The van der Waals surface area contributed by atoms with Gasteiger partial charge in [-0.3, -0.25) is 15.1 Å². The molecular weight excluding hydrogens is 406 g/mol. The van der Waals surface area contributed by atoms with Gasteiger partial charge in [-0.1, -0.05) is 19.3 Å². The summed E-state index contributed by atoms with van der Waals surface area (Å²) in [7, 11) is -1.79. The van der Waals surface area contributed by atoms with E-state index in [-0.39, 0.29) is 11.7 Å². The molecule has 1 aliphatic heterocycles. The molecule has 0 bridgehead atoms. The van der Waals surface area contributed by atoms with Crippen molar-refractivity contribution in [3.63, 3.8) is 0 Å². The second-order valence-electron chi connectivity index (χ2n) is 7.96. The first-order valence-corrected chi connectivity index (χ1v) is 11.8. The molecule has 1 saturated heterocycles. The quantitative estimate of drug-likeness (QED) is 0.531. The van der Waals surface area contributed by atoms with E-state index < -0.39 is 15.1 Å². The molecule has 0 atom stereocenters. The molecule has 0 N–H and O–H groups in total. The first-order valence-electron chi connectivity index (χ1n) is 10.4. The van der Waals surface area contributed by atoms with Gasteiger partial charge in [0.2, 0.25) is 0 Å². The predicted molar refractivity (Wildman–Crippen MR) is 116 cm³/mol. The molecule has 10 heteroatoms. The van der Waals surface area contributed by atoms with E-state index in [0.717, 1.165) is 31.4 Å². The number of piperazine rings is 1. The van der Waals surface area contributed by atoms with Crippen molar-refractivity contribution in [3.05, 3.63) is 40.6 Å². The normalized spacial score (nSPS) is 19.5. The van der Waals surface area contributed by atoms with E-state index in [0.29, 0.717) is 37.1 Å². The number of nitro groups is 1. The fourth-order valence-electron chi connectivity index (χ4n) is 4.53. The van der Waals surface area contributed by atoms with Gasteiger partial charge in [0.05, 0.1) is 16.0 Å². The number of hydrogen-bond acceptors (Lipinski definition) is 6. The molecule has 0 radical (unpaired) electrons. The lowest BCUT2D eigenvalue weighted by atomic mass is 9.96. The molecule has 9 nitrogen and oxygen atoms in total. The van der Waals surface area contributed by atoms with E-state index in [2.05, 4.69) is 9.88 Å². The summed E-state index contributed by atoms with van der Waals surface area (Å²) in [5.41, 5.74) is 1.40. The highest BCUT2D eigenvalue weighted by Gasteiger charge is 2.35. The molecule has 2 aliphatic rings. The lowest BCUT2D eigenvalue weighted by Crippen LogP contribution is -2.54. The minimum Gasteiger partial charge on any atom is -0.367 e. The Labute approximate surface area is 176 Å². The predicted octanol–water partition coefficient (Wildman–Crippen LogP) is 2.77. The third kappa shape index (κ3) is 3.86. The number of anilines is 1. The number of fused-ring (bicyclic) bond motifs is 1. The molecule has 30 heavy (non-hydrogen) atoms. The third-order valence-corrected chi connectivity index (χ3v) is 8.32. The molecule has 2 aromatic rings. The maximum absolute atomic E-state index is 13.1. The highest BCUT2D eigenvalue weighted by Crippen LogP contribution is 2.33. The van der Waals surface area contributed by atoms with Crippen LogP contribution in [0.5, 0.6) is 0 Å². The zero-order chi connectivity index (χ0) is 21.3. The van der Waals surface area contributed by atoms with Crippen LogP contribution in [0.15, 0.2) is 30.5 Å².